The molecule has 2 aromatic carbocycles. The first kappa shape index (κ1) is 15.9. The van der Waals surface area contributed by atoms with E-state index in [2.05, 4.69) is 19.9 Å². The van der Waals surface area contributed by atoms with Gasteiger partial charge in [0.1, 0.15) is 5.75 Å². The normalized spacial score (nSPS) is 12.5. The van der Waals surface area contributed by atoms with Crippen molar-refractivity contribution in [2.75, 3.05) is 0 Å². The molecule has 0 spiro atoms. The van der Waals surface area contributed by atoms with Crippen LogP contribution in [0.25, 0.3) is 11.6 Å². The highest BCUT2D eigenvalue weighted by Crippen LogP contribution is 2.20. The maximum absolute atomic E-state index is 9.37. The lowest BCUT2D eigenvalue weighted by Gasteiger charge is -2.12. The van der Waals surface area contributed by atoms with Crippen molar-refractivity contribution >= 4 is 11.6 Å². The molecule has 0 amide bonds. The first-order valence-corrected chi connectivity index (χ1v) is 7.58. The summed E-state index contributed by atoms with van der Waals surface area (Å²) >= 11 is 0. The molecule has 0 aliphatic rings. The topological polar surface area (TPSA) is 33.0 Å². The van der Waals surface area contributed by atoms with Gasteiger partial charge in [0.2, 0.25) is 0 Å². The fraction of sp³-hybridized carbons (Fsp3) is 0.250. The molecule has 2 heteroatoms. The Morgan fingerprint density at radius 1 is 1.14 bits per heavy atom. The second kappa shape index (κ2) is 7.47. The molecule has 0 fully saturated rings. The molecule has 2 aromatic rings. The monoisotopic (exact) mass is 291 g/mol. The third kappa shape index (κ3) is 4.23. The molecule has 1 atom stereocenters. The number of allylic oxidation sites excluding steroid dienone is 1. The summed E-state index contributed by atoms with van der Waals surface area (Å²) < 4.78 is 5.76. The molecule has 0 saturated heterocycles. The number of hydrogen-bond acceptors (Lipinski definition) is 2. The second-order valence-electron chi connectivity index (χ2n) is 5.44. The van der Waals surface area contributed by atoms with E-state index in [9.17, 15) is 5.26 Å². The fourth-order valence-corrected chi connectivity index (χ4v) is 2.04. The van der Waals surface area contributed by atoms with Crippen LogP contribution in [0.15, 0.2) is 48.5 Å². The van der Waals surface area contributed by atoms with Crippen LogP contribution in [0.5, 0.6) is 5.75 Å². The predicted octanol–water partition coefficient (Wildman–Crippen LogP) is 5.24. The van der Waals surface area contributed by atoms with Gasteiger partial charge in [-0.2, -0.15) is 5.26 Å². The largest absolute Gasteiger partial charge is 0.491 e. The van der Waals surface area contributed by atoms with E-state index in [1.165, 1.54) is 5.56 Å². The summed E-state index contributed by atoms with van der Waals surface area (Å²) in [4.78, 5) is 0. The minimum atomic E-state index is 0.212. The van der Waals surface area contributed by atoms with E-state index in [-0.39, 0.29) is 6.10 Å². The quantitative estimate of drug-likeness (QED) is 0.557. The van der Waals surface area contributed by atoms with Crippen molar-refractivity contribution in [2.45, 2.75) is 33.3 Å². The molecule has 0 radical (unpaired) electrons. The van der Waals surface area contributed by atoms with Gasteiger partial charge in [-0.25, -0.2) is 0 Å². The van der Waals surface area contributed by atoms with Gasteiger partial charge in [0.05, 0.1) is 17.7 Å². The highest BCUT2D eigenvalue weighted by Gasteiger charge is 2.03. The molecule has 112 valence electrons. The summed E-state index contributed by atoms with van der Waals surface area (Å²) in [5, 5.41) is 9.37. The average molecular weight is 291 g/mol. The molecule has 2 nitrogen and oxygen atoms in total. The summed E-state index contributed by atoms with van der Waals surface area (Å²) in [6, 6.07) is 18.1. The molecule has 0 heterocycles. The van der Waals surface area contributed by atoms with Gasteiger partial charge >= 0.3 is 0 Å². The minimum Gasteiger partial charge on any atom is -0.491 e. The third-order valence-electron chi connectivity index (χ3n) is 3.59. The van der Waals surface area contributed by atoms with Crippen molar-refractivity contribution in [2.24, 2.45) is 0 Å². The lowest BCUT2D eigenvalue weighted by molar-refractivity contribution is 0.217. The van der Waals surface area contributed by atoms with Crippen LogP contribution in [-0.4, -0.2) is 6.10 Å². The first-order valence-electron chi connectivity index (χ1n) is 7.58. The van der Waals surface area contributed by atoms with Gasteiger partial charge in [-0.1, -0.05) is 48.9 Å². The van der Waals surface area contributed by atoms with E-state index in [0.717, 1.165) is 23.3 Å². The zero-order chi connectivity index (χ0) is 15.9. The van der Waals surface area contributed by atoms with Gasteiger partial charge in [0.25, 0.3) is 0 Å². The third-order valence-corrected chi connectivity index (χ3v) is 3.59. The van der Waals surface area contributed by atoms with Gasteiger partial charge in [-0.15, -0.1) is 0 Å². The molecule has 0 N–H and O–H groups in total. The molecule has 0 bridgehead atoms. The van der Waals surface area contributed by atoms with Crippen molar-refractivity contribution in [3.8, 4) is 11.8 Å². The Kier molecular flexibility index (Phi) is 5.38. The number of rotatable bonds is 5. The van der Waals surface area contributed by atoms with Crippen LogP contribution >= 0.6 is 0 Å². The predicted molar refractivity (Wildman–Crippen MR) is 91.5 cm³/mol. The Morgan fingerprint density at radius 3 is 2.32 bits per heavy atom. The standard InChI is InChI=1S/C20H21NO/c1-4-16(3)22-20-11-7-17(8-12-20)13-19(14-21)18-9-5-15(2)6-10-18/h5-13,16H,4H2,1-3H3/b19-13-. The number of aryl methyl sites for hydroxylation is 1. The minimum absolute atomic E-state index is 0.212. The maximum Gasteiger partial charge on any atom is 0.119 e. The molecule has 22 heavy (non-hydrogen) atoms. The van der Waals surface area contributed by atoms with Crippen LogP contribution in [0, 0.1) is 18.3 Å². The smallest absolute Gasteiger partial charge is 0.119 e. The lowest BCUT2D eigenvalue weighted by atomic mass is 10.0. The van der Waals surface area contributed by atoms with Crippen molar-refractivity contribution in [1.29, 1.82) is 5.26 Å². The summed E-state index contributed by atoms with van der Waals surface area (Å²) in [6.07, 6.45) is 3.09. The van der Waals surface area contributed by atoms with Crippen LogP contribution in [0.4, 0.5) is 0 Å². The SMILES string of the molecule is CCC(C)Oc1ccc(/C=C(/C#N)c2ccc(C)cc2)cc1. The molecule has 0 aromatic heterocycles. The first-order chi connectivity index (χ1) is 10.6. The summed E-state index contributed by atoms with van der Waals surface area (Å²) in [7, 11) is 0. The van der Waals surface area contributed by atoms with E-state index in [1.807, 2.05) is 61.5 Å². The highest BCUT2D eigenvalue weighted by molar-refractivity contribution is 5.89. The average Bonchev–Trinajstić information content (AvgIpc) is 2.55. The van der Waals surface area contributed by atoms with E-state index in [4.69, 9.17) is 4.74 Å². The van der Waals surface area contributed by atoms with Crippen molar-refractivity contribution in [3.05, 3.63) is 65.2 Å². The Hall–Kier alpha value is -2.53. The number of hydrogen-bond donors (Lipinski definition) is 0. The van der Waals surface area contributed by atoms with Crippen molar-refractivity contribution in [1.82, 2.24) is 0 Å². The molecular weight excluding hydrogens is 270 g/mol. The van der Waals surface area contributed by atoms with E-state index < -0.39 is 0 Å². The van der Waals surface area contributed by atoms with E-state index in [1.54, 1.807) is 0 Å². The van der Waals surface area contributed by atoms with Gasteiger partial charge in [-0.3, -0.25) is 0 Å². The van der Waals surface area contributed by atoms with Crippen LogP contribution in [0.2, 0.25) is 0 Å². The van der Waals surface area contributed by atoms with Crippen LogP contribution in [0.3, 0.4) is 0 Å². The zero-order valence-corrected chi connectivity index (χ0v) is 13.3. The number of ether oxygens (including phenoxy) is 1. The van der Waals surface area contributed by atoms with Crippen LogP contribution in [0.1, 0.15) is 37.0 Å². The van der Waals surface area contributed by atoms with Gasteiger partial charge in [0, 0.05) is 0 Å². The van der Waals surface area contributed by atoms with E-state index in [0.29, 0.717) is 5.57 Å². The summed E-state index contributed by atoms with van der Waals surface area (Å²) in [5.74, 6) is 0.861. The molecular formula is C20H21NO. The number of benzene rings is 2. The van der Waals surface area contributed by atoms with Crippen molar-refractivity contribution in [3.63, 3.8) is 0 Å². The van der Waals surface area contributed by atoms with Crippen LogP contribution in [-0.2, 0) is 0 Å². The Labute approximate surface area is 132 Å². The van der Waals surface area contributed by atoms with E-state index >= 15 is 0 Å². The van der Waals surface area contributed by atoms with Crippen molar-refractivity contribution < 1.29 is 4.74 Å². The van der Waals surface area contributed by atoms with Gasteiger partial charge in [-0.05, 0) is 49.6 Å². The molecule has 1 unspecified atom stereocenters. The number of nitrogens with zero attached hydrogens (tertiary/aromatic N) is 1. The zero-order valence-electron chi connectivity index (χ0n) is 13.3. The Bertz CT molecular complexity index is 675. The van der Waals surface area contributed by atoms with Gasteiger partial charge < -0.3 is 4.74 Å². The van der Waals surface area contributed by atoms with Gasteiger partial charge in [0.15, 0.2) is 0 Å². The summed E-state index contributed by atoms with van der Waals surface area (Å²) in [6.45, 7) is 6.19. The highest BCUT2D eigenvalue weighted by atomic mass is 16.5. The maximum atomic E-state index is 9.37. The molecule has 0 aliphatic carbocycles. The second-order valence-corrected chi connectivity index (χ2v) is 5.44. The fourth-order valence-electron chi connectivity index (χ4n) is 2.04. The Morgan fingerprint density at radius 2 is 1.77 bits per heavy atom. The molecule has 2 rings (SSSR count). The number of nitriles is 1. The lowest BCUT2D eigenvalue weighted by Crippen LogP contribution is -2.09. The molecule has 0 saturated carbocycles. The molecule has 0 aliphatic heterocycles. The Balaban J connectivity index is 2.20. The van der Waals surface area contributed by atoms with Crippen LogP contribution < -0.4 is 4.74 Å². The summed E-state index contributed by atoms with van der Waals surface area (Å²) in [5.41, 5.74) is 3.78.